The minimum absolute atomic E-state index is 0.0927. The van der Waals surface area contributed by atoms with Gasteiger partial charge in [0, 0.05) is 44.5 Å². The van der Waals surface area contributed by atoms with Crippen LogP contribution in [-0.4, -0.2) is 58.7 Å². The zero-order chi connectivity index (χ0) is 12.7. The number of hydrogen-bond donors (Lipinski definition) is 2. The summed E-state index contributed by atoms with van der Waals surface area (Å²) < 4.78 is 0. The minimum Gasteiger partial charge on any atom is -0.387 e. The lowest BCUT2D eigenvalue weighted by Crippen LogP contribution is -2.62. The summed E-state index contributed by atoms with van der Waals surface area (Å²) in [5.41, 5.74) is 6.47. The summed E-state index contributed by atoms with van der Waals surface area (Å²) in [6.07, 6.45) is 0.878. The van der Waals surface area contributed by atoms with Crippen molar-refractivity contribution in [3.05, 3.63) is 22.8 Å². The van der Waals surface area contributed by atoms with Gasteiger partial charge in [0.25, 0.3) is 0 Å². The van der Waals surface area contributed by atoms with Gasteiger partial charge in [0.15, 0.2) is 0 Å². The molecule has 6 heteroatoms. The van der Waals surface area contributed by atoms with E-state index < -0.39 is 6.10 Å². The fraction of sp³-hybridized carbons (Fsp3) is 0.583. The van der Waals surface area contributed by atoms with Crippen LogP contribution < -0.4 is 5.73 Å². The van der Waals surface area contributed by atoms with Crippen LogP contribution in [0.4, 0.5) is 5.82 Å². The zero-order valence-electron chi connectivity index (χ0n) is 10.1. The molecule has 5 nitrogen and oxygen atoms in total. The third-order valence-corrected chi connectivity index (χ3v) is 4.13. The van der Waals surface area contributed by atoms with Crippen LogP contribution in [0.2, 0.25) is 5.02 Å². The monoisotopic (exact) mass is 268 g/mol. The Morgan fingerprint density at radius 1 is 1.39 bits per heavy atom. The van der Waals surface area contributed by atoms with Crippen LogP contribution in [-0.2, 0) is 0 Å². The highest BCUT2D eigenvalue weighted by molar-refractivity contribution is 6.30. The van der Waals surface area contributed by atoms with E-state index in [1.165, 1.54) is 6.20 Å². The van der Waals surface area contributed by atoms with Crippen LogP contribution in [0.1, 0.15) is 11.7 Å². The molecule has 2 atom stereocenters. The number of nitrogens with zero attached hydrogens (tertiary/aromatic N) is 3. The van der Waals surface area contributed by atoms with Gasteiger partial charge in [-0.05, 0) is 6.07 Å². The average Bonchev–Trinajstić information content (AvgIpc) is 2.42. The lowest BCUT2D eigenvalue weighted by molar-refractivity contribution is -0.0468. The van der Waals surface area contributed by atoms with Gasteiger partial charge in [-0.1, -0.05) is 11.6 Å². The quantitative estimate of drug-likeness (QED) is 0.810. The summed E-state index contributed by atoms with van der Waals surface area (Å²) in [5, 5.41) is 11.0. The topological polar surface area (TPSA) is 65.6 Å². The van der Waals surface area contributed by atoms with E-state index in [1.807, 2.05) is 0 Å². The molecule has 0 spiro atoms. The molecule has 4 rings (SSSR count). The number of aliphatic hydroxyl groups is 1. The predicted molar refractivity (Wildman–Crippen MR) is 70.4 cm³/mol. The molecule has 3 saturated heterocycles. The van der Waals surface area contributed by atoms with Crippen LogP contribution in [0.25, 0.3) is 0 Å². The molecule has 2 unspecified atom stereocenters. The molecule has 3 aliphatic rings. The smallest absolute Gasteiger partial charge is 0.129 e. The molecule has 3 N–H and O–H groups in total. The maximum absolute atomic E-state index is 10.5. The lowest BCUT2D eigenvalue weighted by Gasteiger charge is -2.49. The first kappa shape index (κ1) is 12.2. The van der Waals surface area contributed by atoms with Gasteiger partial charge in [0.1, 0.15) is 5.82 Å². The maximum Gasteiger partial charge on any atom is 0.129 e. The normalized spacial score (nSPS) is 32.4. The summed E-state index contributed by atoms with van der Waals surface area (Å²) >= 11 is 5.93. The first-order valence-electron chi connectivity index (χ1n) is 6.20. The number of hydrogen-bond acceptors (Lipinski definition) is 5. The highest BCUT2D eigenvalue weighted by Gasteiger charge is 2.37. The van der Waals surface area contributed by atoms with Crippen molar-refractivity contribution in [3.8, 4) is 0 Å². The Morgan fingerprint density at radius 2 is 2.11 bits per heavy atom. The minimum atomic E-state index is -0.626. The molecule has 0 amide bonds. The SMILES string of the molecule is Nc1ncc(Cl)cc1C(O)C1CN2CCN1CC2. The summed E-state index contributed by atoms with van der Waals surface area (Å²) in [7, 11) is 0. The van der Waals surface area contributed by atoms with Crippen molar-refractivity contribution in [2.75, 3.05) is 38.5 Å². The van der Waals surface area contributed by atoms with Crippen molar-refractivity contribution < 1.29 is 5.11 Å². The molecule has 0 saturated carbocycles. The molecule has 0 aromatic carbocycles. The Labute approximate surface area is 111 Å². The third-order valence-electron chi connectivity index (χ3n) is 3.92. The maximum atomic E-state index is 10.5. The number of nitrogen functional groups attached to an aromatic ring is 1. The van der Waals surface area contributed by atoms with Gasteiger partial charge < -0.3 is 10.8 Å². The van der Waals surface area contributed by atoms with Gasteiger partial charge in [0.05, 0.1) is 17.2 Å². The molecule has 0 aliphatic carbocycles. The summed E-state index contributed by atoms with van der Waals surface area (Å²) in [6.45, 7) is 5.08. The van der Waals surface area contributed by atoms with Gasteiger partial charge in [0.2, 0.25) is 0 Å². The number of fused-ring (bicyclic) bond motifs is 3. The molecule has 1 aromatic heterocycles. The largest absolute Gasteiger partial charge is 0.387 e. The van der Waals surface area contributed by atoms with E-state index in [2.05, 4.69) is 14.8 Å². The summed E-state index contributed by atoms with van der Waals surface area (Å²) in [6, 6.07) is 1.81. The molecule has 1 aromatic rings. The van der Waals surface area contributed by atoms with E-state index >= 15 is 0 Å². The van der Waals surface area contributed by atoms with Crippen LogP contribution in [0.15, 0.2) is 12.3 Å². The number of piperazine rings is 3. The predicted octanol–water partition coefficient (Wildman–Crippen LogP) is 0.350. The molecule has 18 heavy (non-hydrogen) atoms. The molecular formula is C12H17ClN4O. The third kappa shape index (κ3) is 2.07. The first-order valence-corrected chi connectivity index (χ1v) is 6.58. The van der Waals surface area contributed by atoms with E-state index in [4.69, 9.17) is 17.3 Å². The van der Waals surface area contributed by atoms with Crippen molar-refractivity contribution in [3.63, 3.8) is 0 Å². The van der Waals surface area contributed by atoms with Gasteiger partial charge in [-0.25, -0.2) is 4.98 Å². The van der Waals surface area contributed by atoms with E-state index in [-0.39, 0.29) is 6.04 Å². The Bertz CT molecular complexity index is 448. The number of pyridine rings is 1. The number of nitrogens with two attached hydrogens (primary N) is 1. The van der Waals surface area contributed by atoms with Gasteiger partial charge in [-0.3, -0.25) is 9.80 Å². The fourth-order valence-corrected chi connectivity index (χ4v) is 3.03. The Kier molecular flexibility index (Phi) is 3.15. The van der Waals surface area contributed by atoms with Gasteiger partial charge in [-0.15, -0.1) is 0 Å². The van der Waals surface area contributed by atoms with Crippen molar-refractivity contribution in [1.82, 2.24) is 14.8 Å². The van der Waals surface area contributed by atoms with E-state index in [1.54, 1.807) is 6.07 Å². The standard InChI is InChI=1S/C12H17ClN4O/c13-8-5-9(12(14)15-6-8)11(18)10-7-16-1-3-17(10)4-2-16/h5-6,10-11,18H,1-4,7H2,(H2,14,15). The molecule has 4 heterocycles. The van der Waals surface area contributed by atoms with Crippen molar-refractivity contribution in [2.24, 2.45) is 0 Å². The second kappa shape index (κ2) is 4.66. The van der Waals surface area contributed by atoms with E-state index in [0.717, 1.165) is 32.7 Å². The van der Waals surface area contributed by atoms with Crippen molar-refractivity contribution in [1.29, 1.82) is 0 Å². The molecule has 3 fully saturated rings. The molecule has 2 bridgehead atoms. The molecular weight excluding hydrogens is 252 g/mol. The van der Waals surface area contributed by atoms with E-state index in [0.29, 0.717) is 16.4 Å². The number of anilines is 1. The van der Waals surface area contributed by atoms with E-state index in [9.17, 15) is 5.11 Å². The summed E-state index contributed by atoms with van der Waals surface area (Å²) in [5.74, 6) is 0.365. The molecule has 3 aliphatic heterocycles. The second-order valence-corrected chi connectivity index (χ2v) is 5.41. The number of halogens is 1. The Hall–Kier alpha value is -0.880. The lowest BCUT2D eigenvalue weighted by atomic mass is 9.97. The van der Waals surface area contributed by atoms with Gasteiger partial charge >= 0.3 is 0 Å². The van der Waals surface area contributed by atoms with Crippen LogP contribution in [0, 0.1) is 0 Å². The fourth-order valence-electron chi connectivity index (χ4n) is 2.87. The van der Waals surface area contributed by atoms with Gasteiger partial charge in [-0.2, -0.15) is 0 Å². The van der Waals surface area contributed by atoms with Crippen LogP contribution >= 0.6 is 11.6 Å². The number of aromatic nitrogens is 1. The highest BCUT2D eigenvalue weighted by atomic mass is 35.5. The van der Waals surface area contributed by atoms with Crippen molar-refractivity contribution in [2.45, 2.75) is 12.1 Å². The van der Waals surface area contributed by atoms with Crippen LogP contribution in [0.3, 0.4) is 0 Å². The summed E-state index contributed by atoms with van der Waals surface area (Å²) in [4.78, 5) is 8.71. The number of aliphatic hydroxyl groups excluding tert-OH is 1. The molecule has 98 valence electrons. The van der Waals surface area contributed by atoms with Crippen molar-refractivity contribution >= 4 is 17.4 Å². The van der Waals surface area contributed by atoms with Crippen LogP contribution in [0.5, 0.6) is 0 Å². The first-order chi connectivity index (χ1) is 8.65. The Morgan fingerprint density at radius 3 is 2.72 bits per heavy atom. The average molecular weight is 269 g/mol. The highest BCUT2D eigenvalue weighted by Crippen LogP contribution is 2.30. The zero-order valence-corrected chi connectivity index (χ0v) is 10.8. The molecule has 0 radical (unpaired) electrons. The number of rotatable bonds is 2. The Balaban J connectivity index is 1.85. The second-order valence-electron chi connectivity index (χ2n) is 4.98.